The highest BCUT2D eigenvalue weighted by molar-refractivity contribution is 7.08. The van der Waals surface area contributed by atoms with Crippen LogP contribution in [0.2, 0.25) is 0 Å². The topological polar surface area (TPSA) is 26.3 Å². The first-order valence-corrected chi connectivity index (χ1v) is 6.54. The van der Waals surface area contributed by atoms with Crippen LogP contribution < -0.4 is 4.74 Å². The number of carbonyl (C=O) groups excluding carboxylic acids is 1. The lowest BCUT2D eigenvalue weighted by molar-refractivity contribution is 0.104. The van der Waals surface area contributed by atoms with Gasteiger partial charge in [0.15, 0.2) is 5.78 Å². The number of benzene rings is 1. The maximum atomic E-state index is 12.1. The average molecular weight is 258 g/mol. The third-order valence-electron chi connectivity index (χ3n) is 2.59. The van der Waals surface area contributed by atoms with E-state index in [0.717, 1.165) is 11.1 Å². The van der Waals surface area contributed by atoms with Crippen molar-refractivity contribution in [3.05, 3.63) is 57.8 Å². The molecule has 0 spiro atoms. The summed E-state index contributed by atoms with van der Waals surface area (Å²) in [5.41, 5.74) is 2.69. The molecule has 0 aliphatic heterocycles. The molecule has 92 valence electrons. The number of methoxy groups -OCH3 is 1. The molecule has 0 amide bonds. The van der Waals surface area contributed by atoms with E-state index < -0.39 is 0 Å². The van der Waals surface area contributed by atoms with E-state index >= 15 is 0 Å². The van der Waals surface area contributed by atoms with Crippen molar-refractivity contribution in [3.63, 3.8) is 0 Å². The number of hydrogen-bond donors (Lipinski definition) is 0. The van der Waals surface area contributed by atoms with Crippen LogP contribution in [-0.2, 0) is 0 Å². The van der Waals surface area contributed by atoms with Crippen molar-refractivity contribution >= 4 is 23.2 Å². The summed E-state index contributed by atoms with van der Waals surface area (Å²) in [5.74, 6) is 0.572. The second-order valence-corrected chi connectivity index (χ2v) is 4.74. The van der Waals surface area contributed by atoms with Crippen LogP contribution in [0.15, 0.2) is 41.1 Å². The summed E-state index contributed by atoms with van der Waals surface area (Å²) in [6, 6.07) is 7.57. The van der Waals surface area contributed by atoms with E-state index in [9.17, 15) is 4.79 Å². The Morgan fingerprint density at radius 2 is 2.17 bits per heavy atom. The highest BCUT2D eigenvalue weighted by Crippen LogP contribution is 2.21. The fourth-order valence-corrected chi connectivity index (χ4v) is 2.27. The minimum atomic E-state index is -0.0400. The van der Waals surface area contributed by atoms with Gasteiger partial charge in [0.1, 0.15) is 5.75 Å². The van der Waals surface area contributed by atoms with Crippen molar-refractivity contribution in [1.29, 1.82) is 0 Å². The van der Waals surface area contributed by atoms with Crippen molar-refractivity contribution in [2.24, 2.45) is 0 Å². The number of thiophene rings is 1. The third kappa shape index (κ3) is 2.87. The second-order valence-electron chi connectivity index (χ2n) is 3.96. The zero-order valence-electron chi connectivity index (χ0n) is 10.3. The molecular formula is C15H14O2S. The number of rotatable bonds is 4. The van der Waals surface area contributed by atoms with Crippen LogP contribution in [0.4, 0.5) is 0 Å². The van der Waals surface area contributed by atoms with Crippen molar-refractivity contribution in [1.82, 2.24) is 0 Å². The van der Waals surface area contributed by atoms with Crippen molar-refractivity contribution in [3.8, 4) is 5.75 Å². The van der Waals surface area contributed by atoms with Crippen molar-refractivity contribution in [2.45, 2.75) is 6.92 Å². The van der Waals surface area contributed by atoms with Gasteiger partial charge >= 0.3 is 0 Å². The third-order valence-corrected chi connectivity index (χ3v) is 3.29. The summed E-state index contributed by atoms with van der Waals surface area (Å²) < 4.78 is 5.21. The van der Waals surface area contributed by atoms with Gasteiger partial charge < -0.3 is 4.74 Å². The number of carbonyl (C=O) groups is 1. The first-order chi connectivity index (χ1) is 8.70. The largest absolute Gasteiger partial charge is 0.496 e. The molecule has 18 heavy (non-hydrogen) atoms. The Morgan fingerprint density at radius 3 is 2.83 bits per heavy atom. The predicted octanol–water partition coefficient (Wildman–Crippen LogP) is 3.96. The highest BCUT2D eigenvalue weighted by Gasteiger charge is 2.09. The van der Waals surface area contributed by atoms with E-state index in [1.54, 1.807) is 24.5 Å². The lowest BCUT2D eigenvalue weighted by Gasteiger charge is -2.06. The minimum Gasteiger partial charge on any atom is -0.496 e. The summed E-state index contributed by atoms with van der Waals surface area (Å²) in [6.45, 7) is 1.96. The Kier molecular flexibility index (Phi) is 3.95. The summed E-state index contributed by atoms with van der Waals surface area (Å²) in [6.07, 6.45) is 3.40. The molecule has 0 fully saturated rings. The van der Waals surface area contributed by atoms with Gasteiger partial charge in [0.05, 0.1) is 12.7 Å². The maximum absolute atomic E-state index is 12.1. The Bertz CT molecular complexity index is 568. The molecule has 1 aromatic heterocycles. The molecule has 2 aromatic rings. The first kappa shape index (κ1) is 12.6. The van der Waals surface area contributed by atoms with Crippen LogP contribution in [0.5, 0.6) is 5.75 Å². The average Bonchev–Trinajstić information content (AvgIpc) is 2.89. The molecule has 0 saturated carbocycles. The summed E-state index contributed by atoms with van der Waals surface area (Å²) in [5, 5.41) is 3.98. The van der Waals surface area contributed by atoms with Crippen molar-refractivity contribution in [2.75, 3.05) is 7.11 Å². The fraction of sp³-hybridized carbons (Fsp3) is 0.133. The lowest BCUT2D eigenvalue weighted by atomic mass is 10.1. The number of ether oxygens (including phenoxy) is 1. The number of hydrogen-bond acceptors (Lipinski definition) is 3. The molecule has 2 nitrogen and oxygen atoms in total. The van der Waals surface area contributed by atoms with E-state index in [2.05, 4.69) is 0 Å². The van der Waals surface area contributed by atoms with E-state index in [0.29, 0.717) is 11.3 Å². The van der Waals surface area contributed by atoms with Crippen molar-refractivity contribution < 1.29 is 9.53 Å². The van der Waals surface area contributed by atoms with Crippen LogP contribution in [-0.4, -0.2) is 12.9 Å². The molecule has 0 unspecified atom stereocenters. The van der Waals surface area contributed by atoms with Gasteiger partial charge in [0.2, 0.25) is 0 Å². The second kappa shape index (κ2) is 5.65. The maximum Gasteiger partial charge on any atom is 0.189 e. The quantitative estimate of drug-likeness (QED) is 0.613. The van der Waals surface area contributed by atoms with Crippen LogP contribution in [0.25, 0.3) is 6.08 Å². The Balaban J connectivity index is 2.26. The van der Waals surface area contributed by atoms with Crippen LogP contribution in [0, 0.1) is 6.92 Å². The molecule has 0 N–H and O–H groups in total. The molecule has 2 rings (SSSR count). The van der Waals surface area contributed by atoms with Crippen LogP contribution in [0.1, 0.15) is 21.5 Å². The molecule has 1 aromatic carbocycles. The van der Waals surface area contributed by atoms with Gasteiger partial charge in [0.25, 0.3) is 0 Å². The predicted molar refractivity (Wildman–Crippen MR) is 75.4 cm³/mol. The van der Waals surface area contributed by atoms with Gasteiger partial charge in [-0.15, -0.1) is 0 Å². The monoisotopic (exact) mass is 258 g/mol. The Labute approximate surface area is 111 Å². The van der Waals surface area contributed by atoms with E-state index in [1.165, 1.54) is 0 Å². The van der Waals surface area contributed by atoms with E-state index in [4.69, 9.17) is 4.74 Å². The zero-order chi connectivity index (χ0) is 13.0. The zero-order valence-corrected chi connectivity index (χ0v) is 11.2. The minimum absolute atomic E-state index is 0.0400. The van der Waals surface area contributed by atoms with E-state index in [1.807, 2.05) is 48.0 Å². The Hall–Kier alpha value is -1.87. The molecule has 0 aliphatic carbocycles. The van der Waals surface area contributed by atoms with Gasteiger partial charge in [-0.1, -0.05) is 17.7 Å². The summed E-state index contributed by atoms with van der Waals surface area (Å²) in [7, 11) is 1.57. The molecule has 0 saturated heterocycles. The number of allylic oxidation sites excluding steroid dienone is 1. The molecular weight excluding hydrogens is 244 g/mol. The lowest BCUT2D eigenvalue weighted by Crippen LogP contribution is -1.99. The highest BCUT2D eigenvalue weighted by atomic mass is 32.1. The van der Waals surface area contributed by atoms with Crippen LogP contribution in [0.3, 0.4) is 0 Å². The fourth-order valence-electron chi connectivity index (χ4n) is 1.65. The van der Waals surface area contributed by atoms with E-state index in [-0.39, 0.29) is 5.78 Å². The SMILES string of the molecule is COc1ccc(C)cc1C(=O)C=Cc1ccsc1. The molecule has 0 radical (unpaired) electrons. The smallest absolute Gasteiger partial charge is 0.189 e. The van der Waals surface area contributed by atoms with Crippen LogP contribution >= 0.6 is 11.3 Å². The summed E-state index contributed by atoms with van der Waals surface area (Å²) in [4.78, 5) is 12.1. The molecule has 3 heteroatoms. The standard InChI is InChI=1S/C15H14O2S/c1-11-3-6-15(17-2)13(9-11)14(16)5-4-12-7-8-18-10-12/h3-10H,1-2H3. The van der Waals surface area contributed by atoms with Gasteiger partial charge in [-0.2, -0.15) is 11.3 Å². The molecule has 0 aliphatic rings. The Morgan fingerprint density at radius 1 is 1.33 bits per heavy atom. The van der Waals surface area contributed by atoms with Gasteiger partial charge in [-0.05, 0) is 47.5 Å². The van der Waals surface area contributed by atoms with Gasteiger partial charge in [-0.3, -0.25) is 4.79 Å². The number of aryl methyl sites for hydroxylation is 1. The molecule has 0 atom stereocenters. The van der Waals surface area contributed by atoms with Gasteiger partial charge in [0, 0.05) is 0 Å². The molecule has 1 heterocycles. The number of ketones is 1. The normalized spacial score (nSPS) is 10.8. The summed E-state index contributed by atoms with van der Waals surface area (Å²) >= 11 is 1.61. The first-order valence-electron chi connectivity index (χ1n) is 5.60. The molecule has 0 bridgehead atoms. The van der Waals surface area contributed by atoms with Gasteiger partial charge in [-0.25, -0.2) is 0 Å².